The topological polar surface area (TPSA) is 42.2 Å². The van der Waals surface area contributed by atoms with Gasteiger partial charge in [0, 0.05) is 10.6 Å². The van der Waals surface area contributed by atoms with Gasteiger partial charge in [0.2, 0.25) is 5.89 Å². The molecule has 0 aliphatic rings. The number of aromatic nitrogens is 2. The SMILES string of the molecule is CN(Cc1ncc(-c2ccc(Cl)cc2)o1)Cc1nc2ccccc2s1. The minimum Gasteiger partial charge on any atom is -0.439 e. The highest BCUT2D eigenvalue weighted by Crippen LogP contribution is 2.24. The fourth-order valence-corrected chi connectivity index (χ4v) is 3.81. The monoisotopic (exact) mass is 369 g/mol. The van der Waals surface area contributed by atoms with Crippen LogP contribution in [0.5, 0.6) is 0 Å². The Kier molecular flexibility index (Phi) is 4.53. The molecule has 2 aromatic heterocycles. The third kappa shape index (κ3) is 3.74. The van der Waals surface area contributed by atoms with Crippen LogP contribution in [0.3, 0.4) is 0 Å². The Bertz CT molecular complexity index is 960. The summed E-state index contributed by atoms with van der Waals surface area (Å²) in [5.74, 6) is 1.44. The van der Waals surface area contributed by atoms with Crippen LogP contribution >= 0.6 is 22.9 Å². The maximum absolute atomic E-state index is 5.92. The Hall–Kier alpha value is -2.21. The number of rotatable bonds is 5. The van der Waals surface area contributed by atoms with Crippen LogP contribution in [0.25, 0.3) is 21.5 Å². The lowest BCUT2D eigenvalue weighted by Gasteiger charge is -2.12. The minimum absolute atomic E-state index is 0.628. The van der Waals surface area contributed by atoms with Crippen molar-refractivity contribution < 1.29 is 4.42 Å². The molecular weight excluding hydrogens is 354 g/mol. The molecule has 0 saturated carbocycles. The van der Waals surface area contributed by atoms with Gasteiger partial charge in [0.05, 0.1) is 29.5 Å². The Morgan fingerprint density at radius 3 is 2.68 bits per heavy atom. The molecule has 6 heteroatoms. The first-order chi connectivity index (χ1) is 12.2. The van der Waals surface area contributed by atoms with Crippen LogP contribution in [-0.4, -0.2) is 21.9 Å². The molecule has 0 fully saturated rings. The first-order valence-electron chi connectivity index (χ1n) is 7.91. The molecule has 25 heavy (non-hydrogen) atoms. The summed E-state index contributed by atoms with van der Waals surface area (Å²) in [7, 11) is 2.04. The lowest BCUT2D eigenvalue weighted by atomic mass is 10.2. The molecule has 2 aromatic carbocycles. The number of para-hydroxylation sites is 1. The molecule has 0 saturated heterocycles. The number of benzene rings is 2. The van der Waals surface area contributed by atoms with Crippen molar-refractivity contribution in [2.24, 2.45) is 0 Å². The summed E-state index contributed by atoms with van der Waals surface area (Å²) in [5.41, 5.74) is 2.02. The molecule has 4 aromatic rings. The molecule has 0 amide bonds. The summed E-state index contributed by atoms with van der Waals surface area (Å²) in [6.07, 6.45) is 1.75. The number of thiazole rings is 1. The van der Waals surface area contributed by atoms with Crippen LogP contribution in [0.1, 0.15) is 10.9 Å². The average molecular weight is 370 g/mol. The van der Waals surface area contributed by atoms with Crippen molar-refractivity contribution in [1.82, 2.24) is 14.9 Å². The van der Waals surface area contributed by atoms with Crippen molar-refractivity contribution in [3.63, 3.8) is 0 Å². The molecule has 0 bridgehead atoms. The van der Waals surface area contributed by atoms with Gasteiger partial charge in [-0.05, 0) is 43.4 Å². The summed E-state index contributed by atoms with van der Waals surface area (Å²) >= 11 is 7.64. The van der Waals surface area contributed by atoms with Gasteiger partial charge in [-0.15, -0.1) is 11.3 Å². The van der Waals surface area contributed by atoms with Crippen molar-refractivity contribution in [1.29, 1.82) is 0 Å². The largest absolute Gasteiger partial charge is 0.439 e. The molecule has 0 atom stereocenters. The number of halogens is 1. The van der Waals surface area contributed by atoms with Crippen LogP contribution in [0.15, 0.2) is 59.1 Å². The van der Waals surface area contributed by atoms with E-state index in [1.165, 1.54) is 4.70 Å². The van der Waals surface area contributed by atoms with E-state index in [1.807, 2.05) is 49.5 Å². The van der Waals surface area contributed by atoms with Crippen LogP contribution in [-0.2, 0) is 13.1 Å². The highest BCUT2D eigenvalue weighted by molar-refractivity contribution is 7.18. The van der Waals surface area contributed by atoms with Gasteiger partial charge in [-0.1, -0.05) is 23.7 Å². The van der Waals surface area contributed by atoms with Gasteiger partial charge < -0.3 is 4.42 Å². The second-order valence-electron chi connectivity index (χ2n) is 5.87. The van der Waals surface area contributed by atoms with Gasteiger partial charge in [-0.2, -0.15) is 0 Å². The zero-order valence-electron chi connectivity index (χ0n) is 13.6. The molecule has 0 spiro atoms. The van der Waals surface area contributed by atoms with Crippen molar-refractivity contribution in [3.8, 4) is 11.3 Å². The molecule has 0 radical (unpaired) electrons. The lowest BCUT2D eigenvalue weighted by molar-refractivity contribution is 0.282. The number of fused-ring (bicyclic) bond motifs is 1. The maximum atomic E-state index is 5.92. The molecule has 0 aliphatic carbocycles. The van der Waals surface area contributed by atoms with Crippen LogP contribution in [0.4, 0.5) is 0 Å². The predicted octanol–water partition coefficient (Wildman–Crippen LogP) is 5.24. The van der Waals surface area contributed by atoms with E-state index in [-0.39, 0.29) is 0 Å². The van der Waals surface area contributed by atoms with E-state index in [0.717, 1.165) is 28.4 Å². The molecule has 126 valence electrons. The molecule has 4 rings (SSSR count). The van der Waals surface area contributed by atoms with E-state index in [0.29, 0.717) is 17.5 Å². The molecule has 2 heterocycles. The number of nitrogens with zero attached hydrogens (tertiary/aromatic N) is 3. The van der Waals surface area contributed by atoms with E-state index in [9.17, 15) is 0 Å². The minimum atomic E-state index is 0.628. The van der Waals surface area contributed by atoms with Crippen molar-refractivity contribution in [3.05, 3.63) is 70.6 Å². The first-order valence-corrected chi connectivity index (χ1v) is 9.10. The fourth-order valence-electron chi connectivity index (χ4n) is 2.64. The molecule has 0 N–H and O–H groups in total. The Morgan fingerprint density at radius 2 is 1.88 bits per heavy atom. The zero-order valence-corrected chi connectivity index (χ0v) is 15.2. The van der Waals surface area contributed by atoms with E-state index in [4.69, 9.17) is 16.0 Å². The van der Waals surface area contributed by atoms with Gasteiger partial charge in [-0.25, -0.2) is 9.97 Å². The van der Waals surface area contributed by atoms with Crippen molar-refractivity contribution in [2.75, 3.05) is 7.05 Å². The third-order valence-electron chi connectivity index (χ3n) is 3.83. The second kappa shape index (κ2) is 6.96. The highest BCUT2D eigenvalue weighted by Gasteiger charge is 2.11. The smallest absolute Gasteiger partial charge is 0.209 e. The van der Waals surface area contributed by atoms with E-state index in [1.54, 1.807) is 17.5 Å². The summed E-state index contributed by atoms with van der Waals surface area (Å²) < 4.78 is 7.08. The van der Waals surface area contributed by atoms with Gasteiger partial charge in [0.15, 0.2) is 5.76 Å². The Labute approximate surface area is 154 Å². The van der Waals surface area contributed by atoms with Crippen LogP contribution in [0, 0.1) is 0 Å². The number of oxazole rings is 1. The van der Waals surface area contributed by atoms with Crippen LogP contribution in [0.2, 0.25) is 5.02 Å². The summed E-state index contributed by atoms with van der Waals surface area (Å²) in [6, 6.07) is 15.7. The molecular formula is C19H16ClN3OS. The maximum Gasteiger partial charge on any atom is 0.209 e. The van der Waals surface area contributed by atoms with Crippen molar-refractivity contribution in [2.45, 2.75) is 13.1 Å². The zero-order chi connectivity index (χ0) is 17.2. The lowest BCUT2D eigenvalue weighted by Crippen LogP contribution is -2.17. The molecule has 0 aliphatic heterocycles. The standard InChI is InChI=1S/C19H16ClN3OS/c1-23(12-19-22-15-4-2-3-5-17(15)25-19)11-18-21-10-16(24-18)13-6-8-14(20)9-7-13/h2-10H,11-12H2,1H3. The van der Waals surface area contributed by atoms with Gasteiger partial charge in [0.1, 0.15) is 5.01 Å². The van der Waals surface area contributed by atoms with E-state index in [2.05, 4.69) is 20.9 Å². The summed E-state index contributed by atoms with van der Waals surface area (Å²) in [6.45, 7) is 1.39. The molecule has 0 unspecified atom stereocenters. The summed E-state index contributed by atoms with van der Waals surface area (Å²) in [4.78, 5) is 11.2. The second-order valence-corrected chi connectivity index (χ2v) is 7.42. The first kappa shape index (κ1) is 16.3. The molecule has 4 nitrogen and oxygen atoms in total. The van der Waals surface area contributed by atoms with E-state index < -0.39 is 0 Å². The normalized spacial score (nSPS) is 11.5. The highest BCUT2D eigenvalue weighted by atomic mass is 35.5. The fraction of sp³-hybridized carbons (Fsp3) is 0.158. The Balaban J connectivity index is 1.44. The van der Waals surface area contributed by atoms with Crippen molar-refractivity contribution >= 4 is 33.2 Å². The summed E-state index contributed by atoms with van der Waals surface area (Å²) in [5, 5.41) is 1.80. The van der Waals surface area contributed by atoms with E-state index >= 15 is 0 Å². The Morgan fingerprint density at radius 1 is 1.08 bits per heavy atom. The van der Waals surface area contributed by atoms with Crippen LogP contribution < -0.4 is 0 Å². The van der Waals surface area contributed by atoms with Gasteiger partial charge in [0.25, 0.3) is 0 Å². The number of hydrogen-bond donors (Lipinski definition) is 0. The number of hydrogen-bond acceptors (Lipinski definition) is 5. The van der Waals surface area contributed by atoms with Gasteiger partial charge >= 0.3 is 0 Å². The average Bonchev–Trinajstić information content (AvgIpc) is 3.21. The van der Waals surface area contributed by atoms with Gasteiger partial charge in [-0.3, -0.25) is 4.90 Å². The quantitative estimate of drug-likeness (QED) is 0.482. The third-order valence-corrected chi connectivity index (χ3v) is 5.10. The predicted molar refractivity (Wildman–Crippen MR) is 102 cm³/mol.